The van der Waals surface area contributed by atoms with Gasteiger partial charge in [-0.05, 0) is 82.5 Å². The lowest BCUT2D eigenvalue weighted by molar-refractivity contribution is 0.0204. The molecule has 0 saturated carbocycles. The number of amides is 1. The quantitative estimate of drug-likeness (QED) is 0.395. The highest BCUT2D eigenvalue weighted by Gasteiger charge is 2.30. The largest absolute Gasteiger partial charge is 0.444 e. The summed E-state index contributed by atoms with van der Waals surface area (Å²) in [6, 6.07) is 15.9. The van der Waals surface area contributed by atoms with E-state index in [4.69, 9.17) is 4.74 Å². The van der Waals surface area contributed by atoms with Crippen LogP contribution in [0.4, 0.5) is 19.3 Å². The second kappa shape index (κ2) is 10.6. The average molecular weight is 494 g/mol. The first-order chi connectivity index (χ1) is 17.1. The first-order valence-corrected chi connectivity index (χ1v) is 12.3. The maximum Gasteiger partial charge on any atom is 0.410 e. The molecule has 2 aromatic carbocycles. The van der Waals surface area contributed by atoms with E-state index in [9.17, 15) is 13.6 Å². The van der Waals surface area contributed by atoms with Gasteiger partial charge in [0.15, 0.2) is 0 Å². The smallest absolute Gasteiger partial charge is 0.410 e. The highest BCUT2D eigenvalue weighted by molar-refractivity contribution is 5.68. The number of anilines is 1. The van der Waals surface area contributed by atoms with Crippen LogP contribution in [0.1, 0.15) is 44.7 Å². The monoisotopic (exact) mass is 493 g/mol. The molecule has 1 fully saturated rings. The molecular formula is C29H33F2N3O2. The number of pyridine rings is 1. The summed E-state index contributed by atoms with van der Waals surface area (Å²) in [5.74, 6) is -1.26. The number of aromatic nitrogens is 1. The lowest BCUT2D eigenvalue weighted by atomic mass is 10.0. The van der Waals surface area contributed by atoms with Crippen LogP contribution in [0, 0.1) is 18.6 Å². The molecule has 0 bridgehead atoms. The molecule has 0 radical (unpaired) electrons. The van der Waals surface area contributed by atoms with E-state index in [0.717, 1.165) is 30.2 Å². The van der Waals surface area contributed by atoms with Crippen molar-refractivity contribution < 1.29 is 18.3 Å². The maximum atomic E-state index is 13.8. The fraction of sp³-hybridized carbons (Fsp3) is 0.379. The number of hydrogen-bond acceptors (Lipinski definition) is 4. The van der Waals surface area contributed by atoms with E-state index in [0.29, 0.717) is 30.9 Å². The van der Waals surface area contributed by atoms with Crippen molar-refractivity contribution in [1.82, 2.24) is 9.88 Å². The number of likely N-dealkylation sites (tertiary alicyclic amines) is 1. The van der Waals surface area contributed by atoms with Gasteiger partial charge in [-0.2, -0.15) is 0 Å². The number of hydrogen-bond donors (Lipinski definition) is 0. The predicted molar refractivity (Wildman–Crippen MR) is 138 cm³/mol. The number of halogens is 2. The highest BCUT2D eigenvalue weighted by atomic mass is 19.1. The maximum absolute atomic E-state index is 13.8. The lowest BCUT2D eigenvalue weighted by Crippen LogP contribution is -2.48. The molecule has 7 heteroatoms. The summed E-state index contributed by atoms with van der Waals surface area (Å²) in [4.78, 5) is 21.0. The van der Waals surface area contributed by atoms with Crippen LogP contribution in [0.2, 0.25) is 0 Å². The molecule has 1 saturated heterocycles. The van der Waals surface area contributed by atoms with Crippen molar-refractivity contribution in [2.75, 3.05) is 18.0 Å². The molecule has 0 atom stereocenters. The molecule has 1 aliphatic rings. The van der Waals surface area contributed by atoms with Gasteiger partial charge in [-0.25, -0.2) is 13.6 Å². The summed E-state index contributed by atoms with van der Waals surface area (Å²) in [6.45, 7) is 9.51. The second-order valence-electron chi connectivity index (χ2n) is 10.4. The molecule has 5 nitrogen and oxygen atoms in total. The van der Waals surface area contributed by atoms with Crippen LogP contribution < -0.4 is 4.90 Å². The van der Waals surface area contributed by atoms with Crippen LogP contribution in [0.5, 0.6) is 0 Å². The number of benzene rings is 2. The van der Waals surface area contributed by atoms with Gasteiger partial charge < -0.3 is 14.5 Å². The molecule has 0 spiro atoms. The molecule has 1 amide bonds. The van der Waals surface area contributed by atoms with Crippen molar-refractivity contribution in [3.05, 3.63) is 83.6 Å². The van der Waals surface area contributed by atoms with Gasteiger partial charge in [-0.15, -0.1) is 0 Å². The number of carbonyl (C=O) groups is 1. The Hall–Kier alpha value is -3.48. The molecule has 0 aliphatic carbocycles. The van der Waals surface area contributed by atoms with E-state index in [1.807, 2.05) is 32.9 Å². The SMILES string of the molecule is Cc1ccc(N(Cc2ccnc(-c3cc(F)cc(F)c3)c2)C2CCN(C(=O)OC(C)(C)C)CC2)cc1. The van der Waals surface area contributed by atoms with E-state index in [1.54, 1.807) is 11.1 Å². The van der Waals surface area contributed by atoms with Gasteiger partial charge >= 0.3 is 6.09 Å². The number of ether oxygens (including phenoxy) is 1. The van der Waals surface area contributed by atoms with Crippen LogP contribution in [0.15, 0.2) is 60.8 Å². The second-order valence-corrected chi connectivity index (χ2v) is 10.4. The van der Waals surface area contributed by atoms with Crippen molar-refractivity contribution >= 4 is 11.8 Å². The van der Waals surface area contributed by atoms with E-state index in [2.05, 4.69) is 41.1 Å². The Balaban J connectivity index is 1.55. The Bertz CT molecular complexity index is 1180. The van der Waals surface area contributed by atoms with Crippen molar-refractivity contribution in [2.45, 2.75) is 58.7 Å². The summed E-state index contributed by atoms with van der Waals surface area (Å²) in [5.41, 5.74) is 3.66. The lowest BCUT2D eigenvalue weighted by Gasteiger charge is -2.40. The zero-order valence-corrected chi connectivity index (χ0v) is 21.3. The molecule has 4 rings (SSSR count). The Kier molecular flexibility index (Phi) is 7.57. The molecule has 36 heavy (non-hydrogen) atoms. The zero-order valence-electron chi connectivity index (χ0n) is 21.3. The van der Waals surface area contributed by atoms with Crippen LogP contribution in [-0.2, 0) is 11.3 Å². The molecular weight excluding hydrogens is 460 g/mol. The van der Waals surface area contributed by atoms with Crippen molar-refractivity contribution in [1.29, 1.82) is 0 Å². The highest BCUT2D eigenvalue weighted by Crippen LogP contribution is 2.28. The van der Waals surface area contributed by atoms with Gasteiger partial charge in [0.1, 0.15) is 17.2 Å². The van der Waals surface area contributed by atoms with E-state index in [1.165, 1.54) is 17.7 Å². The fourth-order valence-corrected chi connectivity index (χ4v) is 4.48. The molecule has 2 heterocycles. The predicted octanol–water partition coefficient (Wildman–Crippen LogP) is 6.74. The molecule has 3 aromatic rings. The number of carbonyl (C=O) groups excluding carboxylic acids is 1. The fourth-order valence-electron chi connectivity index (χ4n) is 4.48. The van der Waals surface area contributed by atoms with Gasteiger partial charge in [0.2, 0.25) is 0 Å². The number of aryl methyl sites for hydroxylation is 1. The van der Waals surface area contributed by atoms with Crippen LogP contribution >= 0.6 is 0 Å². The normalized spacial score (nSPS) is 14.6. The van der Waals surface area contributed by atoms with Crippen molar-refractivity contribution in [3.63, 3.8) is 0 Å². The number of piperidine rings is 1. The van der Waals surface area contributed by atoms with Gasteiger partial charge in [0.25, 0.3) is 0 Å². The van der Waals surface area contributed by atoms with Gasteiger partial charge in [0.05, 0.1) is 5.69 Å². The van der Waals surface area contributed by atoms with Crippen LogP contribution in [-0.4, -0.2) is 40.7 Å². The summed E-state index contributed by atoms with van der Waals surface area (Å²) >= 11 is 0. The number of nitrogens with zero attached hydrogens (tertiary/aromatic N) is 3. The summed E-state index contributed by atoms with van der Waals surface area (Å²) in [6.07, 6.45) is 3.01. The summed E-state index contributed by atoms with van der Waals surface area (Å²) < 4.78 is 33.1. The third-order valence-corrected chi connectivity index (χ3v) is 6.26. The molecule has 1 aliphatic heterocycles. The minimum Gasteiger partial charge on any atom is -0.444 e. The third-order valence-electron chi connectivity index (χ3n) is 6.26. The van der Waals surface area contributed by atoms with Crippen molar-refractivity contribution in [3.8, 4) is 11.3 Å². The Morgan fingerprint density at radius 3 is 2.28 bits per heavy atom. The van der Waals surface area contributed by atoms with Gasteiger partial charge in [-0.1, -0.05) is 17.7 Å². The first-order valence-electron chi connectivity index (χ1n) is 12.3. The molecule has 190 valence electrons. The first kappa shape index (κ1) is 25.6. The van der Waals surface area contributed by atoms with Gasteiger partial charge in [0, 0.05) is 49.2 Å². The van der Waals surface area contributed by atoms with Crippen molar-refractivity contribution in [2.24, 2.45) is 0 Å². The van der Waals surface area contributed by atoms with Gasteiger partial charge in [-0.3, -0.25) is 4.98 Å². The molecule has 0 unspecified atom stereocenters. The molecule has 1 aromatic heterocycles. The van der Waals surface area contributed by atoms with E-state index < -0.39 is 17.2 Å². The Morgan fingerprint density at radius 2 is 1.67 bits per heavy atom. The molecule has 0 N–H and O–H groups in total. The number of rotatable bonds is 5. The van der Waals surface area contributed by atoms with Crippen LogP contribution in [0.25, 0.3) is 11.3 Å². The summed E-state index contributed by atoms with van der Waals surface area (Å²) in [7, 11) is 0. The minimum atomic E-state index is -0.629. The Labute approximate surface area is 211 Å². The standard InChI is InChI=1S/C29H33F2N3O2/c1-20-5-7-25(8-6-20)34(26-10-13-33(14-11-26)28(35)36-29(2,3)4)19-21-9-12-32-27(15-21)22-16-23(30)18-24(31)17-22/h5-9,12,15-18,26H,10-11,13-14,19H2,1-4H3. The minimum absolute atomic E-state index is 0.217. The topological polar surface area (TPSA) is 45.7 Å². The van der Waals surface area contributed by atoms with E-state index >= 15 is 0 Å². The van der Waals surface area contributed by atoms with E-state index in [-0.39, 0.29) is 12.1 Å². The zero-order chi connectivity index (χ0) is 25.9. The summed E-state index contributed by atoms with van der Waals surface area (Å²) in [5, 5.41) is 0. The third kappa shape index (κ3) is 6.59. The average Bonchev–Trinajstić information content (AvgIpc) is 2.82. The Morgan fingerprint density at radius 1 is 1.03 bits per heavy atom. The van der Waals surface area contributed by atoms with Crippen LogP contribution in [0.3, 0.4) is 0 Å².